The number of nitrogens with zero attached hydrogens (tertiary/aromatic N) is 2. The molecule has 1 aromatic carbocycles. The molecule has 0 N–H and O–H groups in total. The van der Waals surface area contributed by atoms with Gasteiger partial charge in [-0.1, -0.05) is 0 Å². The van der Waals surface area contributed by atoms with Crippen LogP contribution in [0.2, 0.25) is 0 Å². The molecule has 0 aromatic heterocycles. The van der Waals surface area contributed by atoms with Gasteiger partial charge in [-0.2, -0.15) is 5.26 Å². The first kappa shape index (κ1) is 15.6. The molecule has 0 saturated carbocycles. The molecule has 106 valence electrons. The van der Waals surface area contributed by atoms with Gasteiger partial charge in [0.2, 0.25) is 0 Å². The lowest BCUT2D eigenvalue weighted by atomic mass is 9.82. The Morgan fingerprint density at radius 3 is 2.65 bits per heavy atom. The highest BCUT2D eigenvalue weighted by Gasteiger charge is 2.42. The Bertz CT molecular complexity index is 609. The lowest BCUT2D eigenvalue weighted by Crippen LogP contribution is -2.33. The Balaban J connectivity index is 3.58. The number of nitro groups is 1. The molecule has 7 heteroatoms. The summed E-state index contributed by atoms with van der Waals surface area (Å²) in [5.74, 6) is -1.68. The number of esters is 1. The molecule has 1 rings (SSSR count). The standard InChI is InChI=1S/C13H13FN2O4/c1-4-20-12(17)13(3,7-15)9-5-8(2)10(14)6-11(9)16(18)19/h5-6H,4H2,1-3H3. The first-order chi connectivity index (χ1) is 9.27. The number of nitriles is 1. The molecule has 20 heavy (non-hydrogen) atoms. The maximum Gasteiger partial charge on any atom is 0.331 e. The van der Waals surface area contributed by atoms with E-state index in [4.69, 9.17) is 4.74 Å². The molecule has 0 spiro atoms. The maximum absolute atomic E-state index is 13.5. The molecule has 1 unspecified atom stereocenters. The Morgan fingerprint density at radius 2 is 2.20 bits per heavy atom. The van der Waals surface area contributed by atoms with E-state index in [-0.39, 0.29) is 17.7 Å². The van der Waals surface area contributed by atoms with Crippen LogP contribution >= 0.6 is 0 Å². The average Bonchev–Trinajstić information content (AvgIpc) is 2.40. The Morgan fingerprint density at radius 1 is 1.60 bits per heavy atom. The summed E-state index contributed by atoms with van der Waals surface area (Å²) in [4.78, 5) is 22.1. The van der Waals surface area contributed by atoms with Gasteiger partial charge in [0, 0.05) is 0 Å². The molecular formula is C13H13FN2O4. The third-order valence-electron chi connectivity index (χ3n) is 2.92. The molecule has 0 bridgehead atoms. The van der Waals surface area contributed by atoms with Crippen molar-refractivity contribution < 1.29 is 18.8 Å². The van der Waals surface area contributed by atoms with Crippen molar-refractivity contribution in [2.75, 3.05) is 6.61 Å². The topological polar surface area (TPSA) is 93.2 Å². The van der Waals surface area contributed by atoms with Gasteiger partial charge in [0.15, 0.2) is 5.41 Å². The summed E-state index contributed by atoms with van der Waals surface area (Å²) >= 11 is 0. The van der Waals surface area contributed by atoms with Gasteiger partial charge in [0.1, 0.15) is 5.82 Å². The lowest BCUT2D eigenvalue weighted by molar-refractivity contribution is -0.386. The van der Waals surface area contributed by atoms with Crippen LogP contribution in [0.4, 0.5) is 10.1 Å². The van der Waals surface area contributed by atoms with E-state index in [1.807, 2.05) is 0 Å². The van der Waals surface area contributed by atoms with Gasteiger partial charge in [-0.05, 0) is 32.4 Å². The second kappa shape index (κ2) is 5.65. The zero-order chi connectivity index (χ0) is 15.5. The van der Waals surface area contributed by atoms with Gasteiger partial charge in [-0.3, -0.25) is 10.1 Å². The van der Waals surface area contributed by atoms with E-state index in [0.29, 0.717) is 6.07 Å². The number of carbonyl (C=O) groups is 1. The van der Waals surface area contributed by atoms with Crippen LogP contribution in [0.25, 0.3) is 0 Å². The number of aryl methyl sites for hydroxylation is 1. The van der Waals surface area contributed by atoms with Crippen LogP contribution < -0.4 is 0 Å². The van der Waals surface area contributed by atoms with Crippen molar-refractivity contribution in [3.8, 4) is 6.07 Å². The quantitative estimate of drug-likeness (QED) is 0.479. The number of benzene rings is 1. The Labute approximate surface area is 114 Å². The third-order valence-corrected chi connectivity index (χ3v) is 2.92. The van der Waals surface area contributed by atoms with Crippen molar-refractivity contribution in [1.82, 2.24) is 0 Å². The van der Waals surface area contributed by atoms with Crippen LogP contribution in [0.15, 0.2) is 12.1 Å². The van der Waals surface area contributed by atoms with Crippen LogP contribution in [-0.4, -0.2) is 17.5 Å². The van der Waals surface area contributed by atoms with E-state index in [0.717, 1.165) is 6.07 Å². The van der Waals surface area contributed by atoms with Crippen LogP contribution in [0.5, 0.6) is 0 Å². The molecule has 0 aliphatic rings. The molecule has 0 radical (unpaired) electrons. The summed E-state index contributed by atoms with van der Waals surface area (Å²) < 4.78 is 18.2. The van der Waals surface area contributed by atoms with Gasteiger partial charge in [-0.25, -0.2) is 9.18 Å². The van der Waals surface area contributed by atoms with E-state index < -0.39 is 27.8 Å². The summed E-state index contributed by atoms with van der Waals surface area (Å²) in [6, 6.07) is 3.56. The predicted molar refractivity (Wildman–Crippen MR) is 67.4 cm³/mol. The molecule has 1 aromatic rings. The van der Waals surface area contributed by atoms with Crippen LogP contribution in [-0.2, 0) is 14.9 Å². The molecular weight excluding hydrogens is 267 g/mol. The van der Waals surface area contributed by atoms with E-state index in [9.17, 15) is 24.6 Å². The van der Waals surface area contributed by atoms with Crippen molar-refractivity contribution in [3.63, 3.8) is 0 Å². The molecule has 0 fully saturated rings. The minimum absolute atomic E-state index is 0.0318. The molecule has 0 amide bonds. The first-order valence-corrected chi connectivity index (χ1v) is 5.81. The van der Waals surface area contributed by atoms with Crippen molar-refractivity contribution >= 4 is 11.7 Å². The fourth-order valence-electron chi connectivity index (χ4n) is 1.71. The normalized spacial score (nSPS) is 13.2. The number of carbonyl (C=O) groups excluding carboxylic acids is 1. The van der Waals surface area contributed by atoms with Gasteiger partial charge in [0.25, 0.3) is 5.69 Å². The SMILES string of the molecule is CCOC(=O)C(C)(C#N)c1cc(C)c(F)cc1[N+](=O)[O-]. The van der Waals surface area contributed by atoms with Crippen LogP contribution in [0.3, 0.4) is 0 Å². The van der Waals surface area contributed by atoms with E-state index >= 15 is 0 Å². The number of hydrogen-bond donors (Lipinski definition) is 0. The van der Waals surface area contributed by atoms with Crippen molar-refractivity contribution in [2.45, 2.75) is 26.2 Å². The predicted octanol–water partition coefficient (Wildman–Crippen LogP) is 2.39. The molecule has 0 saturated heterocycles. The smallest absolute Gasteiger partial charge is 0.331 e. The van der Waals surface area contributed by atoms with Crippen molar-refractivity contribution in [1.29, 1.82) is 5.26 Å². The number of ether oxygens (including phenoxy) is 1. The van der Waals surface area contributed by atoms with Crippen LogP contribution in [0, 0.1) is 34.2 Å². The summed E-state index contributed by atoms with van der Waals surface area (Å²) in [6.07, 6.45) is 0. The highest BCUT2D eigenvalue weighted by Crippen LogP contribution is 2.34. The van der Waals surface area contributed by atoms with Gasteiger partial charge < -0.3 is 4.74 Å². The minimum Gasteiger partial charge on any atom is -0.465 e. The second-order valence-electron chi connectivity index (χ2n) is 4.33. The highest BCUT2D eigenvalue weighted by molar-refractivity contribution is 5.87. The summed E-state index contributed by atoms with van der Waals surface area (Å²) in [5, 5.41) is 20.2. The largest absolute Gasteiger partial charge is 0.465 e. The minimum atomic E-state index is -1.86. The number of halogens is 1. The Kier molecular flexibility index (Phi) is 4.40. The van der Waals surface area contributed by atoms with E-state index in [1.54, 1.807) is 13.0 Å². The van der Waals surface area contributed by atoms with E-state index in [2.05, 4.69) is 0 Å². The van der Waals surface area contributed by atoms with Gasteiger partial charge >= 0.3 is 5.97 Å². The van der Waals surface area contributed by atoms with Crippen molar-refractivity contribution in [3.05, 3.63) is 39.2 Å². The fourth-order valence-corrected chi connectivity index (χ4v) is 1.71. The number of rotatable bonds is 4. The zero-order valence-electron chi connectivity index (χ0n) is 11.3. The van der Waals surface area contributed by atoms with Gasteiger partial charge in [0.05, 0.1) is 29.2 Å². The molecule has 0 heterocycles. The Hall–Kier alpha value is -2.49. The van der Waals surface area contributed by atoms with E-state index in [1.165, 1.54) is 13.8 Å². The highest BCUT2D eigenvalue weighted by atomic mass is 19.1. The van der Waals surface area contributed by atoms with Crippen molar-refractivity contribution in [2.24, 2.45) is 0 Å². The second-order valence-corrected chi connectivity index (χ2v) is 4.33. The number of hydrogen-bond acceptors (Lipinski definition) is 5. The fraction of sp³-hybridized carbons (Fsp3) is 0.385. The third kappa shape index (κ3) is 2.59. The van der Waals surface area contributed by atoms with Gasteiger partial charge in [-0.15, -0.1) is 0 Å². The zero-order valence-corrected chi connectivity index (χ0v) is 11.3. The molecule has 0 aliphatic carbocycles. The monoisotopic (exact) mass is 280 g/mol. The maximum atomic E-state index is 13.5. The summed E-state index contributed by atoms with van der Waals surface area (Å²) in [5.41, 5.74) is -2.56. The average molecular weight is 280 g/mol. The molecule has 6 nitrogen and oxygen atoms in total. The molecule has 1 atom stereocenters. The summed E-state index contributed by atoms with van der Waals surface area (Å²) in [6.45, 7) is 4.19. The first-order valence-electron chi connectivity index (χ1n) is 5.81. The lowest BCUT2D eigenvalue weighted by Gasteiger charge is -2.20. The summed E-state index contributed by atoms with van der Waals surface area (Å²) in [7, 11) is 0. The molecule has 0 aliphatic heterocycles. The van der Waals surface area contributed by atoms with Crippen LogP contribution in [0.1, 0.15) is 25.0 Å². The number of nitro benzene ring substituents is 1.